The smallest absolute Gasteiger partial charge is 0.323 e. The Balaban J connectivity index is 2.73. The average Bonchev–Trinajstić information content (AvgIpc) is 2.30. The van der Waals surface area contributed by atoms with Gasteiger partial charge in [0.15, 0.2) is 0 Å². The minimum Gasteiger partial charge on any atom is -0.480 e. The molecule has 0 heterocycles. The largest absolute Gasteiger partial charge is 0.480 e. The molecule has 1 fully saturated rings. The number of aliphatic carboxylic acids is 1. The molecule has 1 atom stereocenters. The Hall–Kier alpha value is -1.10. The molecule has 1 rings (SSSR count). The van der Waals surface area contributed by atoms with Crippen LogP contribution in [0.1, 0.15) is 39.5 Å². The minimum atomic E-state index is -0.932. The van der Waals surface area contributed by atoms with E-state index in [-0.39, 0.29) is 5.91 Å². The molecule has 0 bridgehead atoms. The van der Waals surface area contributed by atoms with Crippen molar-refractivity contribution in [1.29, 1.82) is 0 Å². The van der Waals surface area contributed by atoms with Crippen molar-refractivity contribution in [3.05, 3.63) is 0 Å². The predicted octanol–water partition coefficient (Wildman–Crippen LogP) is 0.744. The maximum atomic E-state index is 11.4. The van der Waals surface area contributed by atoms with Crippen LogP contribution in [0.3, 0.4) is 0 Å². The van der Waals surface area contributed by atoms with E-state index in [1.54, 1.807) is 14.0 Å². The number of nitrogens with one attached hydrogen (secondary N) is 2. The first-order valence-electron chi connectivity index (χ1n) is 6.14. The second kappa shape index (κ2) is 5.49. The molecule has 0 aromatic heterocycles. The molecule has 5 nitrogen and oxygen atoms in total. The first-order chi connectivity index (χ1) is 7.91. The van der Waals surface area contributed by atoms with E-state index in [1.165, 1.54) is 0 Å². The van der Waals surface area contributed by atoms with Gasteiger partial charge in [0.25, 0.3) is 0 Å². The fraction of sp³-hybridized carbons (Fsp3) is 0.833. The number of carbonyl (C=O) groups is 2. The van der Waals surface area contributed by atoms with Crippen LogP contribution in [0, 0.1) is 5.92 Å². The van der Waals surface area contributed by atoms with Gasteiger partial charge in [0, 0.05) is 7.05 Å². The quantitative estimate of drug-likeness (QED) is 0.679. The second-order valence-electron chi connectivity index (χ2n) is 5.05. The highest BCUT2D eigenvalue weighted by Crippen LogP contribution is 2.32. The third-order valence-corrected chi connectivity index (χ3v) is 3.67. The Labute approximate surface area is 102 Å². The Bertz CT molecular complexity index is 296. The molecule has 17 heavy (non-hydrogen) atoms. The van der Waals surface area contributed by atoms with E-state index in [0.29, 0.717) is 18.8 Å². The molecule has 0 radical (unpaired) electrons. The van der Waals surface area contributed by atoms with Gasteiger partial charge in [-0.1, -0.05) is 6.92 Å². The van der Waals surface area contributed by atoms with Crippen molar-refractivity contribution < 1.29 is 14.7 Å². The fourth-order valence-corrected chi connectivity index (χ4v) is 2.37. The van der Waals surface area contributed by atoms with Crippen LogP contribution in [0.4, 0.5) is 0 Å². The number of carboxylic acids is 1. The van der Waals surface area contributed by atoms with Gasteiger partial charge in [-0.05, 0) is 38.5 Å². The highest BCUT2D eigenvalue weighted by atomic mass is 16.4. The van der Waals surface area contributed by atoms with Crippen LogP contribution in [0.5, 0.6) is 0 Å². The summed E-state index contributed by atoms with van der Waals surface area (Å²) in [6, 6.07) is -0.482. The minimum absolute atomic E-state index is 0.177. The van der Waals surface area contributed by atoms with E-state index >= 15 is 0 Å². The highest BCUT2D eigenvalue weighted by molar-refractivity contribution is 5.84. The van der Waals surface area contributed by atoms with Crippen molar-refractivity contribution in [1.82, 2.24) is 10.6 Å². The zero-order valence-electron chi connectivity index (χ0n) is 10.7. The highest BCUT2D eigenvalue weighted by Gasteiger charge is 2.42. The summed E-state index contributed by atoms with van der Waals surface area (Å²) < 4.78 is 0. The van der Waals surface area contributed by atoms with Crippen LogP contribution in [0.2, 0.25) is 0 Å². The lowest BCUT2D eigenvalue weighted by Crippen LogP contribution is -2.59. The molecule has 5 heteroatoms. The lowest BCUT2D eigenvalue weighted by molar-refractivity contribution is -0.147. The summed E-state index contributed by atoms with van der Waals surface area (Å²) in [7, 11) is 1.55. The molecular formula is C12H22N2O3. The third kappa shape index (κ3) is 3.19. The summed E-state index contributed by atoms with van der Waals surface area (Å²) in [6.45, 7) is 3.83. The Kier molecular flexibility index (Phi) is 4.51. The van der Waals surface area contributed by atoms with Crippen LogP contribution >= 0.6 is 0 Å². The topological polar surface area (TPSA) is 78.4 Å². The van der Waals surface area contributed by atoms with Crippen LogP contribution < -0.4 is 10.6 Å². The summed E-state index contributed by atoms with van der Waals surface area (Å²) in [5.41, 5.74) is -0.932. The van der Waals surface area contributed by atoms with Gasteiger partial charge in [-0.3, -0.25) is 14.9 Å². The fourth-order valence-electron chi connectivity index (χ4n) is 2.37. The molecule has 1 amide bonds. The van der Waals surface area contributed by atoms with Gasteiger partial charge in [-0.2, -0.15) is 0 Å². The number of hydrogen-bond acceptors (Lipinski definition) is 3. The standard InChI is InChI=1S/C12H22N2O3/c1-8-4-6-12(7-5-8,11(16)17)14-9(2)10(15)13-3/h8-9,14H,4-7H2,1-3H3,(H,13,15)(H,16,17). The predicted molar refractivity (Wildman–Crippen MR) is 64.7 cm³/mol. The van der Waals surface area contributed by atoms with E-state index in [4.69, 9.17) is 0 Å². The summed E-state index contributed by atoms with van der Waals surface area (Å²) in [5.74, 6) is -0.455. The Morgan fingerprint density at radius 3 is 2.29 bits per heavy atom. The Morgan fingerprint density at radius 2 is 1.88 bits per heavy atom. The van der Waals surface area contributed by atoms with E-state index in [9.17, 15) is 14.7 Å². The molecule has 0 spiro atoms. The van der Waals surface area contributed by atoms with Gasteiger partial charge in [0.05, 0.1) is 6.04 Å². The van der Waals surface area contributed by atoms with E-state index in [0.717, 1.165) is 12.8 Å². The van der Waals surface area contributed by atoms with Crippen molar-refractivity contribution in [2.45, 2.75) is 51.1 Å². The monoisotopic (exact) mass is 242 g/mol. The zero-order valence-corrected chi connectivity index (χ0v) is 10.7. The second-order valence-corrected chi connectivity index (χ2v) is 5.05. The first kappa shape index (κ1) is 14.0. The molecular weight excluding hydrogens is 220 g/mol. The van der Waals surface area contributed by atoms with Gasteiger partial charge in [-0.25, -0.2) is 0 Å². The van der Waals surface area contributed by atoms with Crippen LogP contribution in [0.15, 0.2) is 0 Å². The van der Waals surface area contributed by atoms with Crippen LogP contribution in [-0.4, -0.2) is 35.6 Å². The molecule has 98 valence electrons. The number of amides is 1. The maximum absolute atomic E-state index is 11.4. The lowest BCUT2D eigenvalue weighted by atomic mass is 9.76. The summed E-state index contributed by atoms with van der Waals surface area (Å²) in [5, 5.41) is 14.9. The third-order valence-electron chi connectivity index (χ3n) is 3.67. The van der Waals surface area contributed by atoms with E-state index < -0.39 is 17.6 Å². The van der Waals surface area contributed by atoms with Gasteiger partial charge in [0.1, 0.15) is 5.54 Å². The van der Waals surface area contributed by atoms with Gasteiger partial charge in [-0.15, -0.1) is 0 Å². The zero-order chi connectivity index (χ0) is 13.1. The summed E-state index contributed by atoms with van der Waals surface area (Å²) in [4.78, 5) is 22.9. The first-order valence-corrected chi connectivity index (χ1v) is 6.14. The molecule has 0 aromatic carbocycles. The molecule has 0 aliphatic heterocycles. The lowest BCUT2D eigenvalue weighted by Gasteiger charge is -2.38. The molecule has 0 aromatic rings. The van der Waals surface area contributed by atoms with Crippen molar-refractivity contribution in [3.8, 4) is 0 Å². The van der Waals surface area contributed by atoms with Gasteiger partial charge in [0.2, 0.25) is 5.91 Å². The number of carboxylic acid groups (broad SMARTS) is 1. The normalized spacial score (nSPS) is 30.6. The van der Waals surface area contributed by atoms with Gasteiger partial charge < -0.3 is 10.4 Å². The molecule has 3 N–H and O–H groups in total. The molecule has 1 unspecified atom stereocenters. The summed E-state index contributed by atoms with van der Waals surface area (Å²) in [6.07, 6.45) is 2.95. The van der Waals surface area contributed by atoms with Crippen molar-refractivity contribution >= 4 is 11.9 Å². The van der Waals surface area contributed by atoms with Gasteiger partial charge >= 0.3 is 5.97 Å². The van der Waals surface area contributed by atoms with Crippen molar-refractivity contribution in [2.75, 3.05) is 7.05 Å². The van der Waals surface area contributed by atoms with Crippen LogP contribution in [-0.2, 0) is 9.59 Å². The number of carbonyl (C=O) groups excluding carboxylic acids is 1. The van der Waals surface area contributed by atoms with E-state index in [2.05, 4.69) is 17.6 Å². The molecule has 1 aliphatic rings. The maximum Gasteiger partial charge on any atom is 0.323 e. The molecule has 1 aliphatic carbocycles. The van der Waals surface area contributed by atoms with E-state index in [1.807, 2.05) is 0 Å². The number of rotatable bonds is 4. The van der Waals surface area contributed by atoms with Crippen molar-refractivity contribution in [3.63, 3.8) is 0 Å². The van der Waals surface area contributed by atoms with Crippen LogP contribution in [0.25, 0.3) is 0 Å². The van der Waals surface area contributed by atoms with Crippen molar-refractivity contribution in [2.24, 2.45) is 5.92 Å². The number of hydrogen-bond donors (Lipinski definition) is 3. The molecule has 1 saturated carbocycles. The summed E-state index contributed by atoms with van der Waals surface area (Å²) >= 11 is 0. The average molecular weight is 242 g/mol. The number of likely N-dealkylation sites (N-methyl/N-ethyl adjacent to an activating group) is 1. The molecule has 0 saturated heterocycles. The SMILES string of the molecule is CNC(=O)C(C)NC1(C(=O)O)CCC(C)CC1. The Morgan fingerprint density at radius 1 is 1.35 bits per heavy atom.